The average Bonchev–Trinajstić information content (AvgIpc) is 2.36. The minimum Gasteiger partial charge on any atom is -0.368 e. The minimum atomic E-state index is -4.41. The molecule has 3 unspecified atom stereocenters. The lowest BCUT2D eigenvalue weighted by atomic mass is 9.87. The van der Waals surface area contributed by atoms with E-state index in [2.05, 4.69) is 0 Å². The van der Waals surface area contributed by atoms with Crippen LogP contribution < -0.4 is 10.6 Å². The molecule has 0 spiro atoms. The van der Waals surface area contributed by atoms with Gasteiger partial charge < -0.3 is 10.6 Å². The number of anilines is 1. The lowest BCUT2D eigenvalue weighted by molar-refractivity contribution is -0.137. The van der Waals surface area contributed by atoms with E-state index in [1.54, 1.807) is 4.90 Å². The minimum absolute atomic E-state index is 0.0305. The Bertz CT molecular complexity index is 490. The molecule has 112 valence electrons. The van der Waals surface area contributed by atoms with E-state index in [0.29, 0.717) is 13.0 Å². The highest BCUT2D eigenvalue weighted by Crippen LogP contribution is 2.40. The van der Waals surface area contributed by atoms with E-state index in [9.17, 15) is 13.2 Å². The van der Waals surface area contributed by atoms with Crippen LogP contribution in [0, 0.1) is 5.92 Å². The smallest absolute Gasteiger partial charge is 0.368 e. The topological polar surface area (TPSA) is 29.3 Å². The Morgan fingerprint density at radius 3 is 2.55 bits per heavy atom. The second-order valence-electron chi connectivity index (χ2n) is 5.40. The van der Waals surface area contributed by atoms with E-state index < -0.39 is 11.7 Å². The van der Waals surface area contributed by atoms with Gasteiger partial charge in [-0.15, -0.1) is 0 Å². The summed E-state index contributed by atoms with van der Waals surface area (Å²) in [6.45, 7) is 4.42. The molecule has 3 atom stereocenters. The number of hydrogen-bond acceptors (Lipinski definition) is 2. The standard InChI is InChI=1S/C14H18ClF3N2/c1-8-9(2)20(6-5-12(8)19)13-4-3-10(15)7-11(13)14(16,17)18/h3-4,7-9,12H,5-6,19H2,1-2H3. The van der Waals surface area contributed by atoms with Crippen LogP contribution in [0.4, 0.5) is 18.9 Å². The zero-order valence-electron chi connectivity index (χ0n) is 11.4. The third-order valence-corrected chi connectivity index (χ3v) is 4.44. The van der Waals surface area contributed by atoms with E-state index >= 15 is 0 Å². The maximum atomic E-state index is 13.2. The largest absolute Gasteiger partial charge is 0.418 e. The molecule has 0 saturated carbocycles. The SMILES string of the molecule is CC1C(N)CCN(c2ccc(Cl)cc2C(F)(F)F)C1C. The van der Waals surface area contributed by atoms with E-state index in [1.165, 1.54) is 12.1 Å². The molecule has 20 heavy (non-hydrogen) atoms. The van der Waals surface area contributed by atoms with Crippen molar-refractivity contribution in [2.75, 3.05) is 11.4 Å². The third-order valence-electron chi connectivity index (χ3n) is 4.20. The van der Waals surface area contributed by atoms with Gasteiger partial charge in [-0.05, 0) is 37.5 Å². The molecular weight excluding hydrogens is 289 g/mol. The van der Waals surface area contributed by atoms with Gasteiger partial charge in [0.25, 0.3) is 0 Å². The summed E-state index contributed by atoms with van der Waals surface area (Å²) in [5, 5.41) is 0.0930. The van der Waals surface area contributed by atoms with Crippen LogP contribution in [-0.2, 0) is 6.18 Å². The van der Waals surface area contributed by atoms with Gasteiger partial charge in [0.1, 0.15) is 0 Å². The molecular formula is C14H18ClF3N2. The van der Waals surface area contributed by atoms with E-state index in [1.807, 2.05) is 13.8 Å². The molecule has 1 fully saturated rings. The van der Waals surface area contributed by atoms with E-state index in [-0.39, 0.29) is 28.7 Å². The summed E-state index contributed by atoms with van der Waals surface area (Å²) < 4.78 is 39.5. The maximum Gasteiger partial charge on any atom is 0.418 e. The molecule has 1 aromatic rings. The number of nitrogens with zero attached hydrogens (tertiary/aromatic N) is 1. The summed E-state index contributed by atoms with van der Waals surface area (Å²) in [7, 11) is 0. The Hall–Kier alpha value is -0.940. The second-order valence-corrected chi connectivity index (χ2v) is 5.84. The van der Waals surface area contributed by atoms with Crippen molar-refractivity contribution < 1.29 is 13.2 Å². The second kappa shape index (κ2) is 5.45. The maximum absolute atomic E-state index is 13.2. The molecule has 2 nitrogen and oxygen atoms in total. The molecule has 6 heteroatoms. The van der Waals surface area contributed by atoms with Crippen molar-refractivity contribution in [1.82, 2.24) is 0 Å². The first-order valence-corrected chi connectivity index (χ1v) is 6.98. The summed E-state index contributed by atoms with van der Waals surface area (Å²) in [4.78, 5) is 1.78. The fourth-order valence-electron chi connectivity index (χ4n) is 2.72. The summed E-state index contributed by atoms with van der Waals surface area (Å²) >= 11 is 5.71. The van der Waals surface area contributed by atoms with Crippen LogP contribution in [0.1, 0.15) is 25.8 Å². The number of benzene rings is 1. The van der Waals surface area contributed by atoms with Crippen molar-refractivity contribution in [2.45, 2.75) is 38.5 Å². The van der Waals surface area contributed by atoms with Crippen LogP contribution in [0.2, 0.25) is 5.02 Å². The van der Waals surface area contributed by atoms with Crippen molar-refractivity contribution in [2.24, 2.45) is 11.7 Å². The van der Waals surface area contributed by atoms with Gasteiger partial charge in [-0.2, -0.15) is 13.2 Å². The van der Waals surface area contributed by atoms with Crippen molar-refractivity contribution in [1.29, 1.82) is 0 Å². The molecule has 0 amide bonds. The summed E-state index contributed by atoms with van der Waals surface area (Å²) in [5.41, 5.74) is 5.49. The zero-order chi connectivity index (χ0) is 15.1. The van der Waals surface area contributed by atoms with Crippen molar-refractivity contribution in [3.8, 4) is 0 Å². The van der Waals surface area contributed by atoms with Crippen LogP contribution in [0.5, 0.6) is 0 Å². The fourth-order valence-corrected chi connectivity index (χ4v) is 2.89. The Morgan fingerprint density at radius 1 is 1.30 bits per heavy atom. The summed E-state index contributed by atoms with van der Waals surface area (Å²) in [5.74, 6) is 0.139. The number of nitrogens with two attached hydrogens (primary N) is 1. The third kappa shape index (κ3) is 2.88. The quantitative estimate of drug-likeness (QED) is 0.852. The first kappa shape index (κ1) is 15.4. The number of hydrogen-bond donors (Lipinski definition) is 1. The average molecular weight is 307 g/mol. The normalized spacial score (nSPS) is 27.8. The Kier molecular flexibility index (Phi) is 4.21. The van der Waals surface area contributed by atoms with E-state index in [0.717, 1.165) is 6.07 Å². The van der Waals surface area contributed by atoms with Crippen molar-refractivity contribution in [3.05, 3.63) is 28.8 Å². The van der Waals surface area contributed by atoms with Crippen LogP contribution >= 0.6 is 11.6 Å². The first-order valence-electron chi connectivity index (χ1n) is 6.60. The van der Waals surface area contributed by atoms with Crippen LogP contribution in [0.25, 0.3) is 0 Å². The zero-order valence-corrected chi connectivity index (χ0v) is 12.2. The first-order chi connectivity index (χ1) is 9.21. The molecule has 0 radical (unpaired) electrons. The van der Waals surface area contributed by atoms with Gasteiger partial charge in [-0.3, -0.25) is 0 Å². The van der Waals surface area contributed by atoms with Gasteiger partial charge >= 0.3 is 6.18 Å². The molecule has 2 N–H and O–H groups in total. The Balaban J connectivity index is 2.42. The molecule has 0 aliphatic carbocycles. The Labute approximate surface area is 121 Å². The Morgan fingerprint density at radius 2 is 1.95 bits per heavy atom. The van der Waals surface area contributed by atoms with Crippen LogP contribution in [-0.4, -0.2) is 18.6 Å². The lowest BCUT2D eigenvalue weighted by Crippen LogP contribution is -2.52. The van der Waals surface area contributed by atoms with Gasteiger partial charge in [0.05, 0.1) is 5.56 Å². The molecule has 1 heterocycles. The summed E-state index contributed by atoms with van der Waals surface area (Å²) in [6.07, 6.45) is -3.73. The fraction of sp³-hybridized carbons (Fsp3) is 0.571. The van der Waals surface area contributed by atoms with Crippen LogP contribution in [0.3, 0.4) is 0 Å². The molecule has 0 aromatic heterocycles. The molecule has 0 bridgehead atoms. The molecule has 1 aliphatic rings. The predicted molar refractivity (Wildman–Crippen MR) is 75.0 cm³/mol. The summed E-state index contributed by atoms with van der Waals surface area (Å²) in [6, 6.07) is 3.93. The number of rotatable bonds is 1. The van der Waals surface area contributed by atoms with Crippen LogP contribution in [0.15, 0.2) is 18.2 Å². The lowest BCUT2D eigenvalue weighted by Gasteiger charge is -2.43. The highest BCUT2D eigenvalue weighted by molar-refractivity contribution is 6.30. The molecule has 1 aromatic carbocycles. The van der Waals surface area contributed by atoms with E-state index in [4.69, 9.17) is 17.3 Å². The van der Waals surface area contributed by atoms with Gasteiger partial charge in [0.2, 0.25) is 0 Å². The van der Waals surface area contributed by atoms with Gasteiger partial charge in [-0.1, -0.05) is 18.5 Å². The predicted octanol–water partition coefficient (Wildman–Crippen LogP) is 3.92. The molecule has 1 saturated heterocycles. The number of halogens is 4. The van der Waals surface area contributed by atoms with Gasteiger partial charge in [0.15, 0.2) is 0 Å². The number of alkyl halides is 3. The van der Waals surface area contributed by atoms with Gasteiger partial charge in [-0.25, -0.2) is 0 Å². The van der Waals surface area contributed by atoms with Gasteiger partial charge in [0, 0.05) is 29.3 Å². The molecule has 2 rings (SSSR count). The monoisotopic (exact) mass is 306 g/mol. The highest BCUT2D eigenvalue weighted by Gasteiger charge is 2.38. The highest BCUT2D eigenvalue weighted by atomic mass is 35.5. The number of piperidine rings is 1. The van der Waals surface area contributed by atoms with Crippen molar-refractivity contribution in [3.63, 3.8) is 0 Å². The van der Waals surface area contributed by atoms with Crippen molar-refractivity contribution >= 4 is 17.3 Å². The molecule has 1 aliphatic heterocycles.